The van der Waals surface area contributed by atoms with Crippen LogP contribution < -0.4 is 15.5 Å². The molecule has 4 N–H and O–H groups in total. The van der Waals surface area contributed by atoms with Crippen molar-refractivity contribution in [3.63, 3.8) is 0 Å². The van der Waals surface area contributed by atoms with Crippen molar-refractivity contribution in [3.8, 4) is 0 Å². The Hall–Kier alpha value is -2.65. The lowest BCUT2D eigenvalue weighted by molar-refractivity contribution is -0.138. The second-order valence-electron chi connectivity index (χ2n) is 4.86. The average molecular weight is 326 g/mol. The van der Waals surface area contributed by atoms with Crippen molar-refractivity contribution in [1.82, 2.24) is 15.0 Å². The molecular weight excluding hydrogens is 304 g/mol. The van der Waals surface area contributed by atoms with E-state index >= 15 is 0 Å². The van der Waals surface area contributed by atoms with Gasteiger partial charge < -0.3 is 25.7 Å². The van der Waals surface area contributed by atoms with Crippen LogP contribution in [0.15, 0.2) is 0 Å². The number of aliphatic carboxylic acids is 2. The summed E-state index contributed by atoms with van der Waals surface area (Å²) in [6.45, 7) is 8.04. The van der Waals surface area contributed by atoms with Gasteiger partial charge in [-0.05, 0) is 27.7 Å². The largest absolute Gasteiger partial charge is 0.480 e. The molecule has 0 amide bonds. The van der Waals surface area contributed by atoms with Gasteiger partial charge >= 0.3 is 11.9 Å². The molecule has 0 aliphatic rings. The molecule has 1 rings (SSSR count). The minimum Gasteiger partial charge on any atom is -0.480 e. The van der Waals surface area contributed by atoms with Crippen molar-refractivity contribution in [2.45, 2.75) is 39.8 Å². The standard InChI is InChI=1S/C13H22N6O4/c1-5-19(6-2)13-17-11(14-7(3)9(20)21)16-12(18-13)15-8(4)10(22)23/h7-8H,5-6H2,1-4H3,(H,20,21)(H,22,23)(H2,14,15,16,17,18). The summed E-state index contributed by atoms with van der Waals surface area (Å²) in [5.41, 5.74) is 0. The third kappa shape index (κ3) is 5.24. The Balaban J connectivity index is 3.15. The second-order valence-corrected chi connectivity index (χ2v) is 4.86. The Morgan fingerprint density at radius 3 is 1.65 bits per heavy atom. The first kappa shape index (κ1) is 18.4. The smallest absolute Gasteiger partial charge is 0.325 e. The first-order chi connectivity index (χ1) is 10.8. The topological polar surface area (TPSA) is 141 Å². The SMILES string of the molecule is CCN(CC)c1nc(NC(C)C(=O)O)nc(NC(C)C(=O)O)n1. The molecule has 0 radical (unpaired) electrons. The summed E-state index contributed by atoms with van der Waals surface area (Å²) >= 11 is 0. The van der Waals surface area contributed by atoms with Crippen molar-refractivity contribution in [3.05, 3.63) is 0 Å². The van der Waals surface area contributed by atoms with E-state index in [0.717, 1.165) is 0 Å². The van der Waals surface area contributed by atoms with E-state index in [9.17, 15) is 9.59 Å². The summed E-state index contributed by atoms with van der Waals surface area (Å²) in [4.78, 5) is 36.2. The molecule has 0 fully saturated rings. The Labute approximate surface area is 134 Å². The molecule has 23 heavy (non-hydrogen) atoms. The summed E-state index contributed by atoms with van der Waals surface area (Å²) in [6.07, 6.45) is 0. The lowest BCUT2D eigenvalue weighted by Crippen LogP contribution is -2.31. The number of carboxylic acids is 2. The fourth-order valence-electron chi connectivity index (χ4n) is 1.65. The van der Waals surface area contributed by atoms with Crippen LogP contribution in [-0.2, 0) is 9.59 Å². The number of anilines is 3. The molecule has 10 heteroatoms. The van der Waals surface area contributed by atoms with Gasteiger partial charge in [-0.3, -0.25) is 9.59 Å². The number of hydrogen-bond donors (Lipinski definition) is 4. The quantitative estimate of drug-likeness (QED) is 0.506. The molecule has 1 aromatic heterocycles. The number of nitrogens with one attached hydrogen (secondary N) is 2. The van der Waals surface area contributed by atoms with Crippen molar-refractivity contribution >= 4 is 29.8 Å². The van der Waals surface area contributed by atoms with Gasteiger partial charge in [0.2, 0.25) is 17.8 Å². The number of aromatic nitrogens is 3. The maximum Gasteiger partial charge on any atom is 0.325 e. The Morgan fingerprint density at radius 1 is 0.957 bits per heavy atom. The summed E-state index contributed by atoms with van der Waals surface area (Å²) in [7, 11) is 0. The minimum atomic E-state index is -1.05. The number of carbonyl (C=O) groups is 2. The van der Waals surface area contributed by atoms with Gasteiger partial charge in [0.15, 0.2) is 0 Å². The van der Waals surface area contributed by atoms with Gasteiger partial charge in [-0.15, -0.1) is 0 Å². The maximum absolute atomic E-state index is 10.9. The van der Waals surface area contributed by atoms with E-state index in [1.807, 2.05) is 18.7 Å². The molecule has 0 bridgehead atoms. The Kier molecular flexibility index (Phi) is 6.49. The molecule has 0 aromatic carbocycles. The Morgan fingerprint density at radius 2 is 1.35 bits per heavy atom. The van der Waals surface area contributed by atoms with Gasteiger partial charge in [0, 0.05) is 13.1 Å². The van der Waals surface area contributed by atoms with Crippen LogP contribution >= 0.6 is 0 Å². The van der Waals surface area contributed by atoms with Gasteiger partial charge in [-0.2, -0.15) is 15.0 Å². The fourth-order valence-corrected chi connectivity index (χ4v) is 1.65. The molecule has 0 aliphatic carbocycles. The highest BCUT2D eigenvalue weighted by molar-refractivity contribution is 5.77. The number of carboxylic acid groups (broad SMARTS) is 2. The number of hydrogen-bond acceptors (Lipinski definition) is 8. The van der Waals surface area contributed by atoms with Crippen molar-refractivity contribution in [2.24, 2.45) is 0 Å². The summed E-state index contributed by atoms with van der Waals surface area (Å²) in [5.74, 6) is -1.63. The van der Waals surface area contributed by atoms with Crippen LogP contribution in [0.3, 0.4) is 0 Å². The van der Waals surface area contributed by atoms with Crippen molar-refractivity contribution in [2.75, 3.05) is 28.6 Å². The third-order valence-corrected chi connectivity index (χ3v) is 3.10. The van der Waals surface area contributed by atoms with Gasteiger partial charge in [-0.1, -0.05) is 0 Å². The Bertz CT molecular complexity index is 523. The summed E-state index contributed by atoms with van der Waals surface area (Å²) < 4.78 is 0. The van der Waals surface area contributed by atoms with E-state index in [0.29, 0.717) is 19.0 Å². The molecule has 10 nitrogen and oxygen atoms in total. The summed E-state index contributed by atoms with van der Waals surface area (Å²) in [6, 6.07) is -1.79. The molecule has 0 saturated carbocycles. The zero-order valence-corrected chi connectivity index (χ0v) is 13.6. The van der Waals surface area contributed by atoms with Crippen LogP contribution in [0.1, 0.15) is 27.7 Å². The first-order valence-electron chi connectivity index (χ1n) is 7.28. The van der Waals surface area contributed by atoms with Crippen LogP contribution in [0.4, 0.5) is 17.8 Å². The zero-order chi connectivity index (χ0) is 17.6. The van der Waals surface area contributed by atoms with E-state index < -0.39 is 24.0 Å². The van der Waals surface area contributed by atoms with E-state index in [2.05, 4.69) is 25.6 Å². The predicted octanol–water partition coefficient (Wildman–Crippen LogP) is 0.488. The van der Waals surface area contributed by atoms with Gasteiger partial charge in [-0.25, -0.2) is 0 Å². The highest BCUT2D eigenvalue weighted by atomic mass is 16.4. The van der Waals surface area contributed by atoms with Crippen LogP contribution in [-0.4, -0.2) is 62.3 Å². The first-order valence-corrected chi connectivity index (χ1v) is 7.28. The van der Waals surface area contributed by atoms with E-state index in [1.165, 1.54) is 13.8 Å². The van der Waals surface area contributed by atoms with Crippen molar-refractivity contribution < 1.29 is 19.8 Å². The minimum absolute atomic E-state index is 0.0666. The van der Waals surface area contributed by atoms with Crippen LogP contribution in [0.25, 0.3) is 0 Å². The molecular formula is C13H22N6O4. The normalized spacial score (nSPS) is 13.0. The molecule has 0 spiro atoms. The summed E-state index contributed by atoms with van der Waals surface area (Å²) in [5, 5.41) is 23.2. The molecule has 0 saturated heterocycles. The fraction of sp³-hybridized carbons (Fsp3) is 0.615. The van der Waals surface area contributed by atoms with Gasteiger partial charge in [0.05, 0.1) is 0 Å². The molecule has 2 unspecified atom stereocenters. The highest BCUT2D eigenvalue weighted by Gasteiger charge is 2.18. The van der Waals surface area contributed by atoms with Gasteiger partial charge in [0.25, 0.3) is 0 Å². The van der Waals surface area contributed by atoms with Crippen LogP contribution in [0.2, 0.25) is 0 Å². The van der Waals surface area contributed by atoms with Gasteiger partial charge in [0.1, 0.15) is 12.1 Å². The average Bonchev–Trinajstić information content (AvgIpc) is 2.48. The van der Waals surface area contributed by atoms with E-state index in [-0.39, 0.29) is 11.9 Å². The lowest BCUT2D eigenvalue weighted by atomic mass is 10.3. The zero-order valence-electron chi connectivity index (χ0n) is 13.6. The number of rotatable bonds is 9. The number of nitrogens with zero attached hydrogens (tertiary/aromatic N) is 4. The monoisotopic (exact) mass is 326 g/mol. The van der Waals surface area contributed by atoms with E-state index in [1.54, 1.807) is 0 Å². The molecule has 1 heterocycles. The van der Waals surface area contributed by atoms with Crippen LogP contribution in [0, 0.1) is 0 Å². The molecule has 128 valence electrons. The lowest BCUT2D eigenvalue weighted by Gasteiger charge is -2.20. The van der Waals surface area contributed by atoms with Crippen molar-refractivity contribution in [1.29, 1.82) is 0 Å². The molecule has 0 aliphatic heterocycles. The predicted molar refractivity (Wildman–Crippen MR) is 84.8 cm³/mol. The molecule has 2 atom stereocenters. The van der Waals surface area contributed by atoms with E-state index in [4.69, 9.17) is 10.2 Å². The van der Waals surface area contributed by atoms with Crippen LogP contribution in [0.5, 0.6) is 0 Å². The highest BCUT2D eigenvalue weighted by Crippen LogP contribution is 2.15. The second kappa shape index (κ2) is 8.11. The third-order valence-electron chi connectivity index (χ3n) is 3.10. The maximum atomic E-state index is 10.9. The molecule has 1 aromatic rings.